The molecule has 1 unspecified atom stereocenters. The Hall–Kier alpha value is -0.750. The van der Waals surface area contributed by atoms with Gasteiger partial charge in [-0.05, 0) is 0 Å². The largest absolute Gasteiger partial charge is 0.394 e. The predicted octanol–water partition coefficient (Wildman–Crippen LogP) is -2.11. The van der Waals surface area contributed by atoms with Gasteiger partial charge in [0, 0.05) is 5.75 Å². The molecule has 68 valence electrons. The van der Waals surface area contributed by atoms with Gasteiger partial charge in [-0.3, -0.25) is 9.59 Å². The Balaban J connectivity index is 2.61. The Morgan fingerprint density at radius 1 is 1.25 bits per heavy atom. The van der Waals surface area contributed by atoms with Gasteiger partial charge in [0.05, 0.1) is 6.61 Å². The van der Waals surface area contributed by atoms with Gasteiger partial charge in [0.1, 0.15) is 12.1 Å². The molecule has 1 heterocycles. The molecule has 0 saturated carbocycles. The van der Waals surface area contributed by atoms with Gasteiger partial charge in [-0.2, -0.15) is 12.6 Å². The van der Waals surface area contributed by atoms with Crippen molar-refractivity contribution in [2.45, 2.75) is 12.1 Å². The minimum absolute atomic E-state index is 0.260. The SMILES string of the molecule is O=C1N[C@@H](CS)C(=O)NC1CO. The van der Waals surface area contributed by atoms with Crippen molar-refractivity contribution in [2.75, 3.05) is 12.4 Å². The van der Waals surface area contributed by atoms with E-state index in [9.17, 15) is 9.59 Å². The zero-order chi connectivity index (χ0) is 9.14. The molecule has 0 radical (unpaired) electrons. The van der Waals surface area contributed by atoms with Gasteiger partial charge < -0.3 is 15.7 Å². The molecule has 1 fully saturated rings. The van der Waals surface area contributed by atoms with Crippen molar-refractivity contribution < 1.29 is 14.7 Å². The second-order valence-electron chi connectivity index (χ2n) is 2.49. The van der Waals surface area contributed by atoms with Gasteiger partial charge in [-0.1, -0.05) is 0 Å². The lowest BCUT2D eigenvalue weighted by molar-refractivity contribution is -0.137. The maximum absolute atomic E-state index is 11.1. The van der Waals surface area contributed by atoms with Gasteiger partial charge in [0.25, 0.3) is 0 Å². The van der Waals surface area contributed by atoms with E-state index in [1.165, 1.54) is 0 Å². The van der Waals surface area contributed by atoms with Crippen LogP contribution in [0.25, 0.3) is 0 Å². The summed E-state index contributed by atoms with van der Waals surface area (Å²) < 4.78 is 0. The van der Waals surface area contributed by atoms with Gasteiger partial charge >= 0.3 is 0 Å². The van der Waals surface area contributed by atoms with Crippen LogP contribution in [0.1, 0.15) is 0 Å². The minimum Gasteiger partial charge on any atom is -0.394 e. The van der Waals surface area contributed by atoms with Gasteiger partial charge in [-0.15, -0.1) is 0 Å². The van der Waals surface area contributed by atoms with E-state index in [-0.39, 0.29) is 24.2 Å². The lowest BCUT2D eigenvalue weighted by Gasteiger charge is -2.27. The summed E-state index contributed by atoms with van der Waals surface area (Å²) >= 11 is 3.88. The van der Waals surface area contributed by atoms with Crippen molar-refractivity contribution in [2.24, 2.45) is 0 Å². The van der Waals surface area contributed by atoms with Crippen molar-refractivity contribution in [1.29, 1.82) is 0 Å². The summed E-state index contributed by atoms with van der Waals surface area (Å²) in [6.45, 7) is -0.378. The first-order valence-corrected chi connectivity index (χ1v) is 4.14. The van der Waals surface area contributed by atoms with Crippen molar-refractivity contribution in [1.82, 2.24) is 10.6 Å². The average Bonchev–Trinajstić information content (AvgIpc) is 2.08. The van der Waals surface area contributed by atoms with Crippen LogP contribution in [0.15, 0.2) is 0 Å². The fraction of sp³-hybridized carbons (Fsp3) is 0.667. The predicted molar refractivity (Wildman–Crippen MR) is 44.8 cm³/mol. The fourth-order valence-corrected chi connectivity index (χ4v) is 1.19. The smallest absolute Gasteiger partial charge is 0.245 e. The van der Waals surface area contributed by atoms with Crippen LogP contribution in [0, 0.1) is 0 Å². The number of thiol groups is 1. The Morgan fingerprint density at radius 3 is 2.25 bits per heavy atom. The summed E-state index contributed by atoms with van der Waals surface area (Å²) in [5.74, 6) is -0.407. The summed E-state index contributed by atoms with van der Waals surface area (Å²) in [4.78, 5) is 22.1. The van der Waals surface area contributed by atoms with Crippen LogP contribution >= 0.6 is 12.6 Å². The van der Waals surface area contributed by atoms with E-state index in [1.807, 2.05) is 0 Å². The number of aliphatic hydroxyl groups excluding tert-OH is 1. The molecule has 0 aromatic rings. The highest BCUT2D eigenvalue weighted by molar-refractivity contribution is 7.80. The van der Waals surface area contributed by atoms with Crippen molar-refractivity contribution in [3.63, 3.8) is 0 Å². The number of carbonyl (C=O) groups excluding carboxylic acids is 2. The second-order valence-corrected chi connectivity index (χ2v) is 2.85. The van der Waals surface area contributed by atoms with Crippen LogP contribution in [-0.4, -0.2) is 41.4 Å². The van der Waals surface area contributed by atoms with Crippen LogP contribution in [0.4, 0.5) is 0 Å². The number of hydrogen-bond donors (Lipinski definition) is 4. The number of aliphatic hydroxyl groups is 1. The minimum atomic E-state index is -0.811. The highest BCUT2D eigenvalue weighted by Gasteiger charge is 2.31. The number of amides is 2. The highest BCUT2D eigenvalue weighted by Crippen LogP contribution is 1.98. The molecular formula is C6H10N2O3S. The Labute approximate surface area is 74.9 Å². The molecule has 0 bridgehead atoms. The standard InChI is InChI=1S/C6H10N2O3S/c9-1-3-5(10)8-4(2-12)6(11)7-3/h3-4,9,12H,1-2H2,(H,7,11)(H,8,10)/t3?,4-/m0/s1. The number of hydrogen-bond acceptors (Lipinski definition) is 4. The molecule has 12 heavy (non-hydrogen) atoms. The maximum atomic E-state index is 11.1. The van der Waals surface area contributed by atoms with E-state index in [2.05, 4.69) is 23.3 Å². The third-order valence-corrected chi connectivity index (χ3v) is 2.00. The van der Waals surface area contributed by atoms with Crippen molar-refractivity contribution in [3.8, 4) is 0 Å². The molecule has 1 aliphatic rings. The van der Waals surface area contributed by atoms with Crippen LogP contribution in [-0.2, 0) is 9.59 Å². The summed E-state index contributed by atoms with van der Waals surface area (Å²) in [5.41, 5.74) is 0. The molecule has 0 aromatic carbocycles. The van der Waals surface area contributed by atoms with Gasteiger partial charge in [0.15, 0.2) is 0 Å². The summed E-state index contributed by atoms with van der Waals surface area (Å²) in [6.07, 6.45) is 0. The third-order valence-electron chi connectivity index (χ3n) is 1.63. The van der Waals surface area contributed by atoms with Crippen LogP contribution in [0.3, 0.4) is 0 Å². The normalized spacial score (nSPS) is 29.5. The van der Waals surface area contributed by atoms with Crippen LogP contribution < -0.4 is 10.6 Å². The first-order valence-electron chi connectivity index (χ1n) is 3.51. The molecule has 1 rings (SSSR count). The molecule has 1 saturated heterocycles. The third kappa shape index (κ3) is 1.70. The molecular weight excluding hydrogens is 180 g/mol. The molecule has 2 amide bonds. The lowest BCUT2D eigenvalue weighted by Crippen LogP contribution is -2.63. The fourth-order valence-electron chi connectivity index (χ4n) is 0.933. The van der Waals surface area contributed by atoms with Gasteiger partial charge in [0.2, 0.25) is 11.8 Å². The molecule has 0 aliphatic carbocycles. The maximum Gasteiger partial charge on any atom is 0.245 e. The van der Waals surface area contributed by atoms with E-state index in [4.69, 9.17) is 5.11 Å². The number of nitrogens with one attached hydrogen (secondary N) is 2. The lowest BCUT2D eigenvalue weighted by atomic mass is 10.1. The summed E-state index contributed by atoms with van der Waals surface area (Å²) in [7, 11) is 0. The number of piperazine rings is 1. The zero-order valence-corrected chi connectivity index (χ0v) is 7.17. The highest BCUT2D eigenvalue weighted by atomic mass is 32.1. The number of rotatable bonds is 2. The molecule has 0 spiro atoms. The first kappa shape index (κ1) is 9.34. The summed E-state index contributed by atoms with van der Waals surface area (Å²) in [5, 5.41) is 13.4. The van der Waals surface area contributed by atoms with Crippen LogP contribution in [0.5, 0.6) is 0 Å². The molecule has 3 N–H and O–H groups in total. The first-order chi connectivity index (χ1) is 5.69. The van der Waals surface area contributed by atoms with Crippen LogP contribution in [0.2, 0.25) is 0 Å². The topological polar surface area (TPSA) is 78.4 Å². The number of carbonyl (C=O) groups is 2. The monoisotopic (exact) mass is 190 g/mol. The van der Waals surface area contributed by atoms with E-state index >= 15 is 0 Å². The average molecular weight is 190 g/mol. The molecule has 6 heteroatoms. The molecule has 1 aliphatic heterocycles. The van der Waals surface area contributed by atoms with E-state index in [0.717, 1.165) is 0 Å². The van der Waals surface area contributed by atoms with Gasteiger partial charge in [-0.25, -0.2) is 0 Å². The Bertz CT molecular complexity index is 187. The van der Waals surface area contributed by atoms with Crippen molar-refractivity contribution >= 4 is 24.4 Å². The van der Waals surface area contributed by atoms with E-state index in [0.29, 0.717) is 0 Å². The zero-order valence-electron chi connectivity index (χ0n) is 6.28. The van der Waals surface area contributed by atoms with Crippen molar-refractivity contribution in [3.05, 3.63) is 0 Å². The Kier molecular flexibility index (Phi) is 2.93. The quantitative estimate of drug-likeness (QED) is 0.376. The van der Waals surface area contributed by atoms with E-state index in [1.54, 1.807) is 0 Å². The Morgan fingerprint density at radius 2 is 1.75 bits per heavy atom. The molecule has 5 nitrogen and oxygen atoms in total. The summed E-state index contributed by atoms with van der Waals surface area (Å²) in [6, 6.07) is -1.39. The second kappa shape index (κ2) is 3.77. The molecule has 0 aromatic heterocycles. The molecule has 2 atom stereocenters. The van der Waals surface area contributed by atoms with E-state index < -0.39 is 12.1 Å².